The van der Waals surface area contributed by atoms with Gasteiger partial charge in [-0.1, -0.05) is 141 Å². The van der Waals surface area contributed by atoms with E-state index in [4.69, 9.17) is 0 Å². The molecule has 5 aromatic rings. The molecule has 47 heavy (non-hydrogen) atoms. The molecule has 1 aliphatic rings. The first-order chi connectivity index (χ1) is 20.8. The van der Waals surface area contributed by atoms with Gasteiger partial charge in [0.15, 0.2) is 0 Å². The number of allylic oxidation sites excluding steroid dienone is 4. The Balaban J connectivity index is 0.000000678. The number of benzene rings is 4. The van der Waals surface area contributed by atoms with E-state index in [9.17, 15) is 0 Å². The average Bonchev–Trinajstić information content (AvgIpc) is 3.68. The van der Waals surface area contributed by atoms with Gasteiger partial charge in [0, 0.05) is 16.6 Å². The van der Waals surface area contributed by atoms with E-state index in [1.807, 2.05) is 12.2 Å². The maximum Gasteiger partial charge on any atom is 4.00 e. The predicted octanol–water partition coefficient (Wildman–Crippen LogP) is 6.53. The maximum absolute atomic E-state index is 2.99. The molecule has 0 aromatic heterocycles. The first kappa shape index (κ1) is 43.1. The summed E-state index contributed by atoms with van der Waals surface area (Å²) in [5, 5.41) is 5.36. The summed E-state index contributed by atoms with van der Waals surface area (Å²) in [5.74, 6) is 0. The maximum atomic E-state index is 2.99. The fourth-order valence-corrected chi connectivity index (χ4v) is 5.40. The molecule has 0 nitrogen and oxygen atoms in total. The van der Waals surface area contributed by atoms with Crippen LogP contribution in [0.3, 0.4) is 0 Å². The van der Waals surface area contributed by atoms with Gasteiger partial charge < -0.3 is 24.8 Å². The van der Waals surface area contributed by atoms with Crippen molar-refractivity contribution in [1.29, 1.82) is 0 Å². The van der Waals surface area contributed by atoms with Crippen LogP contribution >= 0.6 is 0 Å². The molecular weight excluding hydrogens is 723 g/mol. The van der Waals surface area contributed by atoms with Crippen LogP contribution in [0.1, 0.15) is 59.1 Å². The predicted molar refractivity (Wildman–Crippen MR) is 202 cm³/mol. The Bertz CT molecular complexity index is 1610. The fraction of sp³-hybridized carbons (Fsp3) is 0.310. The summed E-state index contributed by atoms with van der Waals surface area (Å²) in [5.41, 5.74) is 8.16. The molecule has 0 fully saturated rings. The monoisotopic (exact) mass is 770 g/mol. The quantitative estimate of drug-likeness (QED) is 0.145. The molecule has 0 saturated carbocycles. The minimum Gasteiger partial charge on any atom is -1.00 e. The van der Waals surface area contributed by atoms with Crippen LogP contribution in [0, 0.1) is 6.08 Å². The van der Waals surface area contributed by atoms with Crippen LogP contribution in [-0.2, 0) is 37.0 Å². The summed E-state index contributed by atoms with van der Waals surface area (Å²) in [6.07, 6.45) is 10.0. The zero-order valence-electron chi connectivity index (χ0n) is 29.9. The van der Waals surface area contributed by atoms with Gasteiger partial charge in [-0.05, 0) is 44.2 Å². The van der Waals surface area contributed by atoms with Crippen LogP contribution in [-0.4, -0.2) is 16.6 Å². The normalized spacial score (nSPS) is 12.1. The van der Waals surface area contributed by atoms with Crippen molar-refractivity contribution in [1.82, 2.24) is 0 Å². The minimum absolute atomic E-state index is 0. The third kappa shape index (κ3) is 11.3. The summed E-state index contributed by atoms with van der Waals surface area (Å²) >= 11 is 0. The fourth-order valence-electron chi connectivity index (χ4n) is 5.40. The Morgan fingerprint density at radius 1 is 0.596 bits per heavy atom. The van der Waals surface area contributed by atoms with Crippen molar-refractivity contribution in [3.05, 3.63) is 126 Å². The number of hydrogen-bond acceptors (Lipinski definition) is 0. The third-order valence-corrected chi connectivity index (χ3v) is 16.4. The molecule has 1 aliphatic carbocycles. The largest absolute Gasteiger partial charge is 4.00 e. The van der Waals surface area contributed by atoms with E-state index < -0.39 is 0 Å². The van der Waals surface area contributed by atoms with Crippen molar-refractivity contribution in [3.8, 4) is 22.3 Å². The van der Waals surface area contributed by atoms with Crippen molar-refractivity contribution < 1.29 is 51.0 Å². The van der Waals surface area contributed by atoms with E-state index in [1.165, 1.54) is 54.9 Å². The van der Waals surface area contributed by atoms with E-state index in [2.05, 4.69) is 171 Å². The van der Waals surface area contributed by atoms with Gasteiger partial charge in [-0.3, -0.25) is 6.08 Å². The van der Waals surface area contributed by atoms with Gasteiger partial charge in [0.1, 0.15) is 0 Å². The van der Waals surface area contributed by atoms with Crippen molar-refractivity contribution in [2.24, 2.45) is 0 Å². The van der Waals surface area contributed by atoms with Gasteiger partial charge in [0.25, 0.3) is 0 Å². The molecule has 5 heteroatoms. The van der Waals surface area contributed by atoms with E-state index in [1.54, 1.807) is 0 Å². The zero-order chi connectivity index (χ0) is 32.1. The Kier molecular flexibility index (Phi) is 17.2. The Morgan fingerprint density at radius 2 is 0.979 bits per heavy atom. The smallest absolute Gasteiger partial charge is 1.00 e. The van der Waals surface area contributed by atoms with Gasteiger partial charge in [0.05, 0.1) is 0 Å². The molecule has 0 atom stereocenters. The standard InChI is InChI=1S/C33H33.C5H5.C4H12Si2.2ClH.Zr/c1-32(2,3)30-20-26-24(18-28(30)22-13-9-7-10-14-22)17-25-19-29(23-15-11-8-12-16-23)31(21-27(25)26)33(4,5)6;1-2-4-5-3-1;1-5(2)6(3)4;;;/h7-21H,1-6H3;1-3H,4H2;1-4H3;2*1H;/q2*-1;;;;+4/p-2. The molecule has 0 bridgehead atoms. The number of rotatable bonds is 3. The molecule has 0 unspecified atom stereocenters. The van der Waals surface area contributed by atoms with Gasteiger partial charge in [-0.15, -0.1) is 46.2 Å². The van der Waals surface area contributed by atoms with Gasteiger partial charge in [0.2, 0.25) is 0 Å². The molecule has 0 amide bonds. The summed E-state index contributed by atoms with van der Waals surface area (Å²) in [4.78, 5) is 0. The summed E-state index contributed by atoms with van der Waals surface area (Å²) < 4.78 is 0. The SMILES string of the molecule is CC(C)(C)c1cc2c(cc1-c1ccccc1)[cH-]c1cc(-c3ccccc3)c(C(C)(C)C)cc12.C[Si](C)[Si](C)C.[C-]1=CC=CC1.[Cl-].[Cl-].[Zr+4]. The van der Waals surface area contributed by atoms with Gasteiger partial charge in [-0.25, -0.2) is 12.2 Å². The Morgan fingerprint density at radius 3 is 1.23 bits per heavy atom. The molecule has 0 heterocycles. The summed E-state index contributed by atoms with van der Waals surface area (Å²) in [6, 6.07) is 33.7. The second kappa shape index (κ2) is 18.8. The number of hydrogen-bond donors (Lipinski definition) is 0. The van der Waals surface area contributed by atoms with Crippen molar-refractivity contribution >= 4 is 38.2 Å². The van der Waals surface area contributed by atoms with E-state index >= 15 is 0 Å². The van der Waals surface area contributed by atoms with Crippen LogP contribution in [0.5, 0.6) is 0 Å². The average molecular weight is 773 g/mol. The third-order valence-electron chi connectivity index (χ3n) is 8.35. The summed E-state index contributed by atoms with van der Waals surface area (Å²) in [7, 11) is 0.300. The van der Waals surface area contributed by atoms with Crippen LogP contribution in [0.15, 0.2) is 109 Å². The molecule has 0 saturated heterocycles. The number of halogens is 2. The molecule has 0 N–H and O–H groups in total. The minimum atomic E-state index is 0. The van der Waals surface area contributed by atoms with E-state index in [0.717, 1.165) is 6.42 Å². The second-order valence-electron chi connectivity index (χ2n) is 14.3. The second-order valence-corrected chi connectivity index (χ2v) is 24.3. The van der Waals surface area contributed by atoms with Crippen LogP contribution in [0.2, 0.25) is 26.2 Å². The van der Waals surface area contributed by atoms with Crippen LogP contribution < -0.4 is 24.8 Å². The zero-order valence-corrected chi connectivity index (χ0v) is 35.8. The van der Waals surface area contributed by atoms with Crippen molar-refractivity contribution in [2.45, 2.75) is 85.0 Å². The first-order valence-corrected chi connectivity index (χ1v) is 21.9. The topological polar surface area (TPSA) is 0 Å². The van der Waals surface area contributed by atoms with Crippen LogP contribution in [0.4, 0.5) is 0 Å². The van der Waals surface area contributed by atoms with Crippen molar-refractivity contribution in [3.63, 3.8) is 0 Å². The Labute approximate surface area is 320 Å². The molecular formula is C42H50Cl2Si2Zr. The molecule has 0 aliphatic heterocycles. The van der Waals surface area contributed by atoms with E-state index in [-0.39, 0.29) is 78.5 Å². The summed E-state index contributed by atoms with van der Waals surface area (Å²) in [6.45, 7) is 23.5. The van der Waals surface area contributed by atoms with E-state index in [0.29, 0.717) is 0 Å². The Hall–Kier alpha value is -1.87. The van der Waals surface area contributed by atoms with Gasteiger partial charge >= 0.3 is 26.2 Å². The molecule has 2 radical (unpaired) electrons. The molecule has 6 rings (SSSR count). The van der Waals surface area contributed by atoms with Gasteiger partial charge in [-0.2, -0.15) is 6.08 Å². The first-order valence-electron chi connectivity index (χ1n) is 15.9. The van der Waals surface area contributed by atoms with Crippen LogP contribution in [0.25, 0.3) is 43.8 Å². The molecule has 5 aromatic carbocycles. The van der Waals surface area contributed by atoms with Crippen molar-refractivity contribution in [2.75, 3.05) is 0 Å². The molecule has 0 spiro atoms. The number of fused-ring (bicyclic) bond motifs is 3. The molecule has 244 valence electrons.